The van der Waals surface area contributed by atoms with Crippen molar-refractivity contribution in [2.24, 2.45) is 0 Å². The molecule has 0 aliphatic heterocycles. The third-order valence-electron chi connectivity index (χ3n) is 2.37. The summed E-state index contributed by atoms with van der Waals surface area (Å²) in [5, 5.41) is 3.24. The van der Waals surface area contributed by atoms with Crippen LogP contribution in [0.15, 0.2) is 36.9 Å². The fraction of sp³-hybridized carbons (Fsp3) is 0.250. The van der Waals surface area contributed by atoms with Crippen molar-refractivity contribution in [3.8, 4) is 5.88 Å². The average Bonchev–Trinajstić information content (AvgIpc) is 2.40. The lowest BCUT2D eigenvalue weighted by atomic mass is 10.1. The summed E-state index contributed by atoms with van der Waals surface area (Å²) in [7, 11) is 1.57. The van der Waals surface area contributed by atoms with Gasteiger partial charge in [0.25, 0.3) is 0 Å². The highest BCUT2D eigenvalue weighted by Gasteiger charge is 2.06. The number of methoxy groups -OCH3 is 1. The predicted octanol–water partition coefficient (Wildman–Crippen LogP) is 2.05. The number of ether oxygens (including phenoxy) is 1. The fourth-order valence-electron chi connectivity index (χ4n) is 1.45. The molecular formula is C12H14N4O. The van der Waals surface area contributed by atoms with E-state index in [0.29, 0.717) is 11.7 Å². The lowest BCUT2D eigenvalue weighted by Gasteiger charge is -2.14. The highest BCUT2D eigenvalue weighted by atomic mass is 16.5. The van der Waals surface area contributed by atoms with Crippen LogP contribution in [-0.2, 0) is 0 Å². The molecule has 5 heteroatoms. The third-order valence-corrected chi connectivity index (χ3v) is 2.37. The van der Waals surface area contributed by atoms with E-state index in [2.05, 4.69) is 20.3 Å². The van der Waals surface area contributed by atoms with Gasteiger partial charge in [-0.05, 0) is 18.6 Å². The maximum Gasteiger partial charge on any atom is 0.233 e. The summed E-state index contributed by atoms with van der Waals surface area (Å²) in [5.74, 6) is 1.18. The van der Waals surface area contributed by atoms with Crippen LogP contribution in [0.4, 0.5) is 5.82 Å². The van der Waals surface area contributed by atoms with Gasteiger partial charge in [0.2, 0.25) is 5.88 Å². The molecule has 0 saturated heterocycles. The lowest BCUT2D eigenvalue weighted by Crippen LogP contribution is -2.08. The zero-order valence-electron chi connectivity index (χ0n) is 9.79. The van der Waals surface area contributed by atoms with Gasteiger partial charge < -0.3 is 10.1 Å². The van der Waals surface area contributed by atoms with Gasteiger partial charge in [-0.25, -0.2) is 0 Å². The highest BCUT2D eigenvalue weighted by Crippen LogP contribution is 2.17. The SMILES string of the molecule is COc1cncc(NC(C)c2cccnc2)n1. The molecule has 2 heterocycles. The van der Waals surface area contributed by atoms with E-state index in [1.165, 1.54) is 0 Å². The molecule has 2 aromatic heterocycles. The summed E-state index contributed by atoms with van der Waals surface area (Å²) in [4.78, 5) is 12.4. The molecule has 2 aromatic rings. The monoisotopic (exact) mass is 230 g/mol. The Hall–Kier alpha value is -2.17. The van der Waals surface area contributed by atoms with Crippen molar-refractivity contribution in [1.82, 2.24) is 15.0 Å². The first-order valence-electron chi connectivity index (χ1n) is 5.32. The summed E-state index contributed by atoms with van der Waals surface area (Å²) in [6.45, 7) is 2.04. The number of nitrogens with one attached hydrogen (secondary N) is 1. The van der Waals surface area contributed by atoms with Crippen molar-refractivity contribution in [3.63, 3.8) is 0 Å². The van der Waals surface area contributed by atoms with Crippen LogP contribution in [0.25, 0.3) is 0 Å². The number of aromatic nitrogens is 3. The Kier molecular flexibility index (Phi) is 3.49. The van der Waals surface area contributed by atoms with Crippen LogP contribution < -0.4 is 10.1 Å². The second-order valence-electron chi connectivity index (χ2n) is 3.60. The van der Waals surface area contributed by atoms with E-state index in [9.17, 15) is 0 Å². The second-order valence-corrected chi connectivity index (χ2v) is 3.60. The molecule has 0 aliphatic rings. The Bertz CT molecular complexity index is 475. The first kappa shape index (κ1) is 11.3. The van der Waals surface area contributed by atoms with Crippen molar-refractivity contribution in [2.45, 2.75) is 13.0 Å². The molecule has 0 fully saturated rings. The van der Waals surface area contributed by atoms with Crippen LogP contribution in [0, 0.1) is 0 Å². The molecule has 0 aliphatic carbocycles. The van der Waals surface area contributed by atoms with Gasteiger partial charge in [0.1, 0.15) is 5.82 Å². The Morgan fingerprint density at radius 3 is 2.82 bits per heavy atom. The molecule has 2 rings (SSSR count). The molecule has 1 unspecified atom stereocenters. The number of anilines is 1. The van der Waals surface area contributed by atoms with Gasteiger partial charge in [-0.1, -0.05) is 6.07 Å². The van der Waals surface area contributed by atoms with E-state index in [1.54, 1.807) is 25.7 Å². The minimum atomic E-state index is 0.116. The van der Waals surface area contributed by atoms with E-state index >= 15 is 0 Å². The maximum absolute atomic E-state index is 5.02. The molecular weight excluding hydrogens is 216 g/mol. The van der Waals surface area contributed by atoms with Crippen LogP contribution in [0.5, 0.6) is 5.88 Å². The Morgan fingerprint density at radius 2 is 2.12 bits per heavy atom. The first-order valence-corrected chi connectivity index (χ1v) is 5.32. The van der Waals surface area contributed by atoms with Crippen molar-refractivity contribution in [3.05, 3.63) is 42.5 Å². The number of hydrogen-bond acceptors (Lipinski definition) is 5. The van der Waals surface area contributed by atoms with Crippen LogP contribution in [0.1, 0.15) is 18.5 Å². The quantitative estimate of drug-likeness (QED) is 0.871. The fourth-order valence-corrected chi connectivity index (χ4v) is 1.45. The van der Waals surface area contributed by atoms with E-state index in [4.69, 9.17) is 4.74 Å². The lowest BCUT2D eigenvalue weighted by molar-refractivity contribution is 0.396. The zero-order chi connectivity index (χ0) is 12.1. The number of nitrogens with zero attached hydrogens (tertiary/aromatic N) is 3. The van der Waals surface area contributed by atoms with Crippen molar-refractivity contribution in [2.75, 3.05) is 12.4 Å². The normalized spacial score (nSPS) is 11.9. The molecule has 0 saturated carbocycles. The smallest absolute Gasteiger partial charge is 0.233 e. The molecule has 5 nitrogen and oxygen atoms in total. The van der Waals surface area contributed by atoms with Crippen LogP contribution in [0.3, 0.4) is 0 Å². The van der Waals surface area contributed by atoms with Crippen LogP contribution in [0.2, 0.25) is 0 Å². The van der Waals surface area contributed by atoms with Gasteiger partial charge in [-0.15, -0.1) is 0 Å². The topological polar surface area (TPSA) is 59.9 Å². The zero-order valence-corrected chi connectivity index (χ0v) is 9.79. The van der Waals surface area contributed by atoms with Crippen LogP contribution in [-0.4, -0.2) is 22.1 Å². The first-order chi connectivity index (χ1) is 8.29. The average molecular weight is 230 g/mol. The minimum Gasteiger partial charge on any atom is -0.480 e. The molecule has 1 atom stereocenters. The van der Waals surface area contributed by atoms with Gasteiger partial charge in [-0.3, -0.25) is 9.97 Å². The molecule has 0 bridgehead atoms. The minimum absolute atomic E-state index is 0.116. The summed E-state index contributed by atoms with van der Waals surface area (Å²) in [5.41, 5.74) is 1.09. The molecule has 0 spiro atoms. The van der Waals surface area contributed by atoms with E-state index in [-0.39, 0.29) is 6.04 Å². The number of hydrogen-bond donors (Lipinski definition) is 1. The standard InChI is InChI=1S/C12H14N4O/c1-9(10-4-3-5-13-6-10)15-11-7-14-8-12(16-11)17-2/h3-9H,1-2H3,(H,15,16). The Balaban J connectivity index is 2.10. The van der Waals surface area contributed by atoms with E-state index < -0.39 is 0 Å². The number of rotatable bonds is 4. The van der Waals surface area contributed by atoms with E-state index in [1.807, 2.05) is 25.3 Å². The molecule has 88 valence electrons. The second kappa shape index (κ2) is 5.25. The summed E-state index contributed by atoms with van der Waals surface area (Å²) in [6.07, 6.45) is 6.81. The van der Waals surface area contributed by atoms with Gasteiger partial charge in [-0.2, -0.15) is 4.98 Å². The van der Waals surface area contributed by atoms with Gasteiger partial charge in [0.15, 0.2) is 0 Å². The molecule has 0 radical (unpaired) electrons. The summed E-state index contributed by atoms with van der Waals surface area (Å²) >= 11 is 0. The maximum atomic E-state index is 5.02. The van der Waals surface area contributed by atoms with Crippen molar-refractivity contribution < 1.29 is 4.74 Å². The number of pyridine rings is 1. The van der Waals surface area contributed by atoms with Gasteiger partial charge in [0.05, 0.1) is 25.5 Å². The highest BCUT2D eigenvalue weighted by molar-refractivity contribution is 5.36. The molecule has 17 heavy (non-hydrogen) atoms. The Morgan fingerprint density at radius 1 is 1.24 bits per heavy atom. The van der Waals surface area contributed by atoms with Gasteiger partial charge in [0, 0.05) is 12.4 Å². The largest absolute Gasteiger partial charge is 0.480 e. The molecule has 0 amide bonds. The predicted molar refractivity (Wildman–Crippen MR) is 64.9 cm³/mol. The van der Waals surface area contributed by atoms with Crippen molar-refractivity contribution in [1.29, 1.82) is 0 Å². The summed E-state index contributed by atoms with van der Waals surface area (Å²) in [6, 6.07) is 4.04. The third kappa shape index (κ3) is 2.90. The van der Waals surface area contributed by atoms with Crippen LogP contribution >= 0.6 is 0 Å². The molecule has 1 N–H and O–H groups in total. The Labute approximate surface area is 99.9 Å². The molecule has 0 aromatic carbocycles. The van der Waals surface area contributed by atoms with Gasteiger partial charge >= 0.3 is 0 Å². The summed E-state index contributed by atoms with van der Waals surface area (Å²) < 4.78 is 5.02. The van der Waals surface area contributed by atoms with E-state index in [0.717, 1.165) is 5.56 Å². The van der Waals surface area contributed by atoms with Crippen molar-refractivity contribution >= 4 is 5.82 Å².